The Balaban J connectivity index is 2.13. The summed E-state index contributed by atoms with van der Waals surface area (Å²) in [6.45, 7) is 0.713. The Morgan fingerprint density at radius 1 is 1.16 bits per heavy atom. The number of halogens is 1. The van der Waals surface area contributed by atoms with Gasteiger partial charge in [-0.2, -0.15) is 5.10 Å². The van der Waals surface area contributed by atoms with Crippen molar-refractivity contribution in [2.75, 3.05) is 7.05 Å². The van der Waals surface area contributed by atoms with Crippen LogP contribution in [-0.4, -0.2) is 21.6 Å². The van der Waals surface area contributed by atoms with Gasteiger partial charge < -0.3 is 5.32 Å². The summed E-state index contributed by atoms with van der Waals surface area (Å²) >= 11 is 3.56. The van der Waals surface area contributed by atoms with E-state index in [4.69, 9.17) is 0 Å². The summed E-state index contributed by atoms with van der Waals surface area (Å²) < 4.78 is 2.73. The maximum absolute atomic E-state index is 4.63. The topological polar surface area (TPSA) is 42.2 Å². The normalized spacial score (nSPS) is 11.1. The molecule has 5 heteroatoms. The fraction of sp³-hybridized carbons (Fsp3) is 0.143. The van der Waals surface area contributed by atoms with E-state index in [9.17, 15) is 0 Å². The zero-order valence-electron chi connectivity index (χ0n) is 10.5. The molecule has 0 spiro atoms. The van der Waals surface area contributed by atoms with Crippen LogP contribution in [0.5, 0.6) is 0 Å². The predicted octanol–water partition coefficient (Wildman–Crippen LogP) is 2.88. The third kappa shape index (κ3) is 2.27. The lowest BCUT2D eigenvalue weighted by Crippen LogP contribution is -2.05. The van der Waals surface area contributed by atoms with Gasteiger partial charge in [-0.05, 0) is 35.1 Å². The van der Waals surface area contributed by atoms with E-state index in [1.807, 2.05) is 54.0 Å². The van der Waals surface area contributed by atoms with E-state index in [1.165, 1.54) is 0 Å². The molecule has 1 aromatic carbocycles. The quantitative estimate of drug-likeness (QED) is 0.808. The molecule has 2 heterocycles. The number of imidazole rings is 1. The fourth-order valence-corrected chi connectivity index (χ4v) is 2.48. The maximum Gasteiger partial charge on any atom is 0.155 e. The van der Waals surface area contributed by atoms with Gasteiger partial charge in [0.2, 0.25) is 0 Å². The average molecular weight is 317 g/mol. The van der Waals surface area contributed by atoms with Gasteiger partial charge in [0.25, 0.3) is 0 Å². The summed E-state index contributed by atoms with van der Waals surface area (Å²) in [5, 5.41) is 7.73. The van der Waals surface area contributed by atoms with E-state index >= 15 is 0 Å². The van der Waals surface area contributed by atoms with Gasteiger partial charge in [0.15, 0.2) is 5.65 Å². The number of hydrogen-bond acceptors (Lipinski definition) is 3. The highest BCUT2D eigenvalue weighted by Gasteiger charge is 2.10. The molecule has 0 unspecified atom stereocenters. The highest BCUT2D eigenvalue weighted by Crippen LogP contribution is 2.21. The van der Waals surface area contributed by atoms with Gasteiger partial charge in [0.05, 0.1) is 11.4 Å². The van der Waals surface area contributed by atoms with Gasteiger partial charge in [0, 0.05) is 12.1 Å². The molecule has 96 valence electrons. The molecule has 0 atom stereocenters. The summed E-state index contributed by atoms with van der Waals surface area (Å²) in [7, 11) is 1.90. The van der Waals surface area contributed by atoms with Crippen LogP contribution in [0.2, 0.25) is 0 Å². The first-order valence-corrected chi connectivity index (χ1v) is 6.83. The van der Waals surface area contributed by atoms with Crippen molar-refractivity contribution < 1.29 is 0 Å². The average Bonchev–Trinajstić information content (AvgIpc) is 2.77. The molecular formula is C14H13BrN4. The summed E-state index contributed by atoms with van der Waals surface area (Å²) in [6, 6.07) is 14.1. The third-order valence-corrected chi connectivity index (χ3v) is 3.70. The molecular weight excluding hydrogens is 304 g/mol. The third-order valence-electron chi connectivity index (χ3n) is 2.90. The SMILES string of the molecule is CNCc1nc2ccc(-c3ccccc3)nn2c1Br. The van der Waals surface area contributed by atoms with Crippen LogP contribution in [-0.2, 0) is 6.54 Å². The molecule has 0 aliphatic rings. The number of benzene rings is 1. The molecule has 0 aliphatic heterocycles. The Labute approximate surface area is 119 Å². The maximum atomic E-state index is 4.63. The van der Waals surface area contributed by atoms with Crippen LogP contribution in [0.4, 0.5) is 0 Å². The predicted molar refractivity (Wildman–Crippen MR) is 78.9 cm³/mol. The first-order chi connectivity index (χ1) is 9.29. The second-order valence-electron chi connectivity index (χ2n) is 4.23. The lowest BCUT2D eigenvalue weighted by atomic mass is 10.1. The number of fused-ring (bicyclic) bond motifs is 1. The van der Waals surface area contributed by atoms with Crippen LogP contribution in [0, 0.1) is 0 Å². The van der Waals surface area contributed by atoms with Crippen LogP contribution in [0.3, 0.4) is 0 Å². The Morgan fingerprint density at radius 3 is 2.68 bits per heavy atom. The van der Waals surface area contributed by atoms with Crippen molar-refractivity contribution in [3.8, 4) is 11.3 Å². The number of aromatic nitrogens is 3. The molecule has 2 aromatic heterocycles. The second-order valence-corrected chi connectivity index (χ2v) is 4.99. The van der Waals surface area contributed by atoms with E-state index in [-0.39, 0.29) is 0 Å². The first kappa shape index (κ1) is 12.3. The van der Waals surface area contributed by atoms with Crippen molar-refractivity contribution in [3.63, 3.8) is 0 Å². The molecule has 0 saturated heterocycles. The summed E-state index contributed by atoms with van der Waals surface area (Å²) in [5.74, 6) is 0. The van der Waals surface area contributed by atoms with E-state index in [0.717, 1.165) is 27.2 Å². The smallest absolute Gasteiger partial charge is 0.155 e. The molecule has 0 amide bonds. The molecule has 4 nitrogen and oxygen atoms in total. The van der Waals surface area contributed by atoms with Crippen molar-refractivity contribution >= 4 is 21.6 Å². The van der Waals surface area contributed by atoms with Crippen molar-refractivity contribution in [3.05, 3.63) is 52.8 Å². The molecule has 0 aliphatic carbocycles. The lowest BCUT2D eigenvalue weighted by Gasteiger charge is -2.01. The highest BCUT2D eigenvalue weighted by atomic mass is 79.9. The molecule has 19 heavy (non-hydrogen) atoms. The van der Waals surface area contributed by atoms with Crippen LogP contribution < -0.4 is 5.32 Å². The van der Waals surface area contributed by atoms with Crippen molar-refractivity contribution in [1.82, 2.24) is 19.9 Å². The fourth-order valence-electron chi connectivity index (χ4n) is 1.99. The number of nitrogens with one attached hydrogen (secondary N) is 1. The highest BCUT2D eigenvalue weighted by molar-refractivity contribution is 9.10. The van der Waals surface area contributed by atoms with Crippen molar-refractivity contribution in [1.29, 1.82) is 0 Å². The minimum atomic E-state index is 0.713. The monoisotopic (exact) mass is 316 g/mol. The largest absolute Gasteiger partial charge is 0.314 e. The number of nitrogens with zero attached hydrogens (tertiary/aromatic N) is 3. The van der Waals surface area contributed by atoms with Crippen molar-refractivity contribution in [2.45, 2.75) is 6.54 Å². The molecule has 0 radical (unpaired) electrons. The van der Waals surface area contributed by atoms with Gasteiger partial charge >= 0.3 is 0 Å². The Morgan fingerprint density at radius 2 is 1.95 bits per heavy atom. The van der Waals surface area contributed by atoms with Crippen LogP contribution >= 0.6 is 15.9 Å². The van der Waals surface area contributed by atoms with Crippen molar-refractivity contribution in [2.24, 2.45) is 0 Å². The van der Waals surface area contributed by atoms with E-state index in [0.29, 0.717) is 6.54 Å². The minimum Gasteiger partial charge on any atom is -0.314 e. The standard InChI is InChI=1S/C14H13BrN4/c1-16-9-12-14(15)19-13(17-12)8-7-11(18-19)10-5-3-2-4-6-10/h2-8,16H,9H2,1H3. The zero-order chi connectivity index (χ0) is 13.2. The molecule has 0 bridgehead atoms. The van der Waals surface area contributed by atoms with Crippen LogP contribution in [0.25, 0.3) is 16.9 Å². The summed E-state index contributed by atoms with van der Waals surface area (Å²) in [5.41, 5.74) is 3.83. The molecule has 0 fully saturated rings. The van der Waals surface area contributed by atoms with Crippen LogP contribution in [0.15, 0.2) is 47.1 Å². The minimum absolute atomic E-state index is 0.713. The Bertz CT molecular complexity index is 706. The van der Waals surface area contributed by atoms with Gasteiger partial charge in [-0.1, -0.05) is 30.3 Å². The molecule has 1 N–H and O–H groups in total. The first-order valence-electron chi connectivity index (χ1n) is 6.04. The second kappa shape index (κ2) is 5.11. The number of rotatable bonds is 3. The summed E-state index contributed by atoms with van der Waals surface area (Å²) in [6.07, 6.45) is 0. The van der Waals surface area contributed by atoms with Gasteiger partial charge in [0.1, 0.15) is 4.60 Å². The summed E-state index contributed by atoms with van der Waals surface area (Å²) in [4.78, 5) is 4.53. The molecule has 3 aromatic rings. The van der Waals surface area contributed by atoms with E-state index in [1.54, 1.807) is 0 Å². The molecule has 3 rings (SSSR count). The Hall–Kier alpha value is -1.72. The number of hydrogen-bond donors (Lipinski definition) is 1. The zero-order valence-corrected chi connectivity index (χ0v) is 12.1. The Kier molecular flexibility index (Phi) is 3.31. The van der Waals surface area contributed by atoms with E-state index < -0.39 is 0 Å². The van der Waals surface area contributed by atoms with E-state index in [2.05, 4.69) is 31.3 Å². The van der Waals surface area contributed by atoms with Gasteiger partial charge in [-0.25, -0.2) is 9.50 Å². The van der Waals surface area contributed by atoms with Gasteiger partial charge in [-0.15, -0.1) is 0 Å². The lowest BCUT2D eigenvalue weighted by molar-refractivity contribution is 0.789. The van der Waals surface area contributed by atoms with Gasteiger partial charge in [-0.3, -0.25) is 0 Å². The molecule has 0 saturated carbocycles. The van der Waals surface area contributed by atoms with Crippen LogP contribution in [0.1, 0.15) is 5.69 Å².